The molecule has 29 heavy (non-hydrogen) atoms. The van der Waals surface area contributed by atoms with Crippen molar-refractivity contribution in [1.82, 2.24) is 5.32 Å². The number of piperazine rings is 1. The van der Waals surface area contributed by atoms with Crippen molar-refractivity contribution in [2.75, 3.05) is 45.8 Å². The van der Waals surface area contributed by atoms with Crippen LogP contribution in [0.5, 0.6) is 0 Å². The zero-order valence-corrected chi connectivity index (χ0v) is 17.6. The highest BCUT2D eigenvalue weighted by atomic mass is 16.2. The molecule has 4 nitrogen and oxygen atoms in total. The molecule has 0 aliphatic carbocycles. The lowest BCUT2D eigenvalue weighted by Gasteiger charge is -2.28. The van der Waals surface area contributed by atoms with Gasteiger partial charge in [0.25, 0.3) is 5.91 Å². The number of hydrogen-bond acceptors (Lipinski definition) is 1. The Labute approximate surface area is 175 Å². The lowest BCUT2D eigenvalue weighted by molar-refractivity contribution is -1.01. The summed E-state index contributed by atoms with van der Waals surface area (Å²) in [4.78, 5) is 15.4. The van der Waals surface area contributed by atoms with E-state index in [0.717, 1.165) is 45.7 Å². The Morgan fingerprint density at radius 1 is 0.966 bits per heavy atom. The zero-order chi connectivity index (χ0) is 20.3. The van der Waals surface area contributed by atoms with Crippen LogP contribution in [-0.4, -0.2) is 51.7 Å². The summed E-state index contributed by atoms with van der Waals surface area (Å²) in [5.74, 6) is 0.578. The van der Waals surface area contributed by atoms with Gasteiger partial charge in [0.1, 0.15) is 26.2 Å². The van der Waals surface area contributed by atoms with Gasteiger partial charge in [0, 0.05) is 12.5 Å². The SMILES string of the molecule is CC[C@@H](CNC(=O)C[NH+]1CC[NH+](C/C=C/c2ccccc2)CC1)c1ccccc1. The number of rotatable bonds is 9. The fourth-order valence-electron chi connectivity index (χ4n) is 4.01. The predicted octanol–water partition coefficient (Wildman–Crippen LogP) is 0.793. The molecule has 1 aliphatic heterocycles. The smallest absolute Gasteiger partial charge is 0.275 e. The summed E-state index contributed by atoms with van der Waals surface area (Å²) in [6.45, 7) is 8.96. The minimum absolute atomic E-state index is 0.182. The lowest BCUT2D eigenvalue weighted by atomic mass is 9.96. The summed E-state index contributed by atoms with van der Waals surface area (Å²) in [6, 6.07) is 20.9. The molecule has 154 valence electrons. The van der Waals surface area contributed by atoms with Crippen LogP contribution >= 0.6 is 0 Å². The van der Waals surface area contributed by atoms with Crippen LogP contribution in [0.2, 0.25) is 0 Å². The first-order chi connectivity index (χ1) is 14.2. The molecule has 0 radical (unpaired) electrons. The molecule has 3 rings (SSSR count). The number of benzene rings is 2. The number of carbonyl (C=O) groups excluding carboxylic acids is 1. The number of amides is 1. The molecule has 3 N–H and O–H groups in total. The molecule has 4 heteroatoms. The second kappa shape index (κ2) is 11.5. The topological polar surface area (TPSA) is 38.0 Å². The largest absolute Gasteiger partial charge is 0.351 e. The van der Waals surface area contributed by atoms with Crippen LogP contribution in [0.25, 0.3) is 6.08 Å². The fraction of sp³-hybridized carbons (Fsp3) is 0.400. The third-order valence-corrected chi connectivity index (χ3v) is 5.90. The molecule has 0 unspecified atom stereocenters. The Kier molecular flexibility index (Phi) is 8.47. The second-order valence-electron chi connectivity index (χ2n) is 8.01. The van der Waals surface area contributed by atoms with Crippen LogP contribution in [-0.2, 0) is 4.79 Å². The Morgan fingerprint density at radius 3 is 2.24 bits per heavy atom. The van der Waals surface area contributed by atoms with Gasteiger partial charge in [-0.25, -0.2) is 0 Å². The van der Waals surface area contributed by atoms with Crippen LogP contribution in [0.4, 0.5) is 0 Å². The molecule has 1 atom stereocenters. The highest BCUT2D eigenvalue weighted by Crippen LogP contribution is 2.17. The van der Waals surface area contributed by atoms with E-state index in [1.165, 1.54) is 16.0 Å². The molecular formula is C25H35N3O+2. The van der Waals surface area contributed by atoms with Crippen molar-refractivity contribution in [2.45, 2.75) is 19.3 Å². The number of nitrogens with one attached hydrogen (secondary N) is 3. The van der Waals surface area contributed by atoms with Crippen molar-refractivity contribution in [3.8, 4) is 0 Å². The monoisotopic (exact) mass is 393 g/mol. The zero-order valence-electron chi connectivity index (χ0n) is 17.6. The van der Waals surface area contributed by atoms with Gasteiger partial charge in [-0.2, -0.15) is 0 Å². The van der Waals surface area contributed by atoms with Crippen molar-refractivity contribution in [3.63, 3.8) is 0 Å². The van der Waals surface area contributed by atoms with Gasteiger partial charge >= 0.3 is 0 Å². The molecule has 2 aromatic carbocycles. The molecule has 0 bridgehead atoms. The van der Waals surface area contributed by atoms with E-state index in [4.69, 9.17) is 0 Å². The minimum atomic E-state index is 0.182. The molecular weight excluding hydrogens is 358 g/mol. The van der Waals surface area contributed by atoms with Gasteiger partial charge in [-0.3, -0.25) is 4.79 Å². The summed E-state index contributed by atoms with van der Waals surface area (Å²) in [5.41, 5.74) is 2.57. The Morgan fingerprint density at radius 2 is 1.59 bits per heavy atom. The lowest BCUT2D eigenvalue weighted by Crippen LogP contribution is -3.28. The van der Waals surface area contributed by atoms with Crippen LogP contribution in [0.1, 0.15) is 30.4 Å². The Balaban J connectivity index is 1.34. The summed E-state index contributed by atoms with van der Waals surface area (Å²) < 4.78 is 0. The van der Waals surface area contributed by atoms with Gasteiger partial charge in [0.2, 0.25) is 0 Å². The molecule has 0 spiro atoms. The highest BCUT2D eigenvalue weighted by molar-refractivity contribution is 5.76. The number of quaternary nitrogens is 2. The normalized spacial score (nSPS) is 20.4. The maximum absolute atomic E-state index is 12.4. The third kappa shape index (κ3) is 7.15. The first-order valence-electron chi connectivity index (χ1n) is 10.9. The van der Waals surface area contributed by atoms with E-state index in [9.17, 15) is 4.79 Å². The fourth-order valence-corrected chi connectivity index (χ4v) is 4.01. The van der Waals surface area contributed by atoms with Gasteiger partial charge in [-0.05, 0) is 23.6 Å². The maximum Gasteiger partial charge on any atom is 0.275 e. The third-order valence-electron chi connectivity index (χ3n) is 5.90. The molecule has 1 saturated heterocycles. The van der Waals surface area contributed by atoms with E-state index in [2.05, 4.69) is 72.9 Å². The molecule has 1 fully saturated rings. The Hall–Kier alpha value is -2.43. The van der Waals surface area contributed by atoms with Crippen molar-refractivity contribution in [2.24, 2.45) is 0 Å². The van der Waals surface area contributed by atoms with E-state index in [0.29, 0.717) is 12.5 Å². The first-order valence-corrected chi connectivity index (χ1v) is 10.9. The quantitative estimate of drug-likeness (QED) is 0.579. The van der Waals surface area contributed by atoms with Crippen molar-refractivity contribution < 1.29 is 14.6 Å². The molecule has 0 saturated carbocycles. The average Bonchev–Trinajstić information content (AvgIpc) is 2.77. The van der Waals surface area contributed by atoms with Crippen LogP contribution in [0.3, 0.4) is 0 Å². The van der Waals surface area contributed by atoms with E-state index < -0.39 is 0 Å². The number of carbonyl (C=O) groups is 1. The number of hydrogen-bond donors (Lipinski definition) is 3. The molecule has 1 aliphatic rings. The standard InChI is InChI=1S/C25H33N3O/c1-2-23(24-13-7-4-8-14-24)20-26-25(29)21-28-18-16-27(17-19-28)15-9-12-22-10-5-3-6-11-22/h3-14,23H,2,15-21H2,1H3,(H,26,29)/p+2/b12-9+/t23-/m0/s1. The van der Waals surface area contributed by atoms with E-state index in [-0.39, 0.29) is 5.91 Å². The minimum Gasteiger partial charge on any atom is -0.351 e. The van der Waals surface area contributed by atoms with Crippen LogP contribution in [0, 0.1) is 0 Å². The van der Waals surface area contributed by atoms with Gasteiger partial charge in [-0.15, -0.1) is 0 Å². The van der Waals surface area contributed by atoms with Crippen LogP contribution in [0.15, 0.2) is 66.7 Å². The van der Waals surface area contributed by atoms with Gasteiger partial charge in [0.05, 0.1) is 6.54 Å². The molecule has 1 heterocycles. The summed E-state index contributed by atoms with van der Waals surface area (Å²) in [7, 11) is 0. The first kappa shape index (κ1) is 21.3. The van der Waals surface area contributed by atoms with E-state index in [1.54, 1.807) is 4.90 Å². The maximum atomic E-state index is 12.4. The average molecular weight is 394 g/mol. The van der Waals surface area contributed by atoms with Gasteiger partial charge in [0.15, 0.2) is 6.54 Å². The molecule has 0 aromatic heterocycles. The summed E-state index contributed by atoms with van der Waals surface area (Å²) in [5, 5.41) is 3.17. The van der Waals surface area contributed by atoms with Crippen molar-refractivity contribution in [3.05, 3.63) is 77.9 Å². The van der Waals surface area contributed by atoms with Crippen LogP contribution < -0.4 is 15.1 Å². The molecule has 2 aromatic rings. The van der Waals surface area contributed by atoms with E-state index >= 15 is 0 Å². The second-order valence-corrected chi connectivity index (χ2v) is 8.01. The van der Waals surface area contributed by atoms with E-state index in [1.807, 2.05) is 12.1 Å². The highest BCUT2D eigenvalue weighted by Gasteiger charge is 2.24. The summed E-state index contributed by atoms with van der Waals surface area (Å²) in [6.07, 6.45) is 5.52. The van der Waals surface area contributed by atoms with Crippen molar-refractivity contribution in [1.29, 1.82) is 0 Å². The van der Waals surface area contributed by atoms with Gasteiger partial charge in [-0.1, -0.05) is 73.7 Å². The molecule has 1 amide bonds. The Bertz CT molecular complexity index is 752. The van der Waals surface area contributed by atoms with Gasteiger partial charge < -0.3 is 15.1 Å². The summed E-state index contributed by atoms with van der Waals surface area (Å²) >= 11 is 0. The predicted molar refractivity (Wildman–Crippen MR) is 119 cm³/mol. The van der Waals surface area contributed by atoms with Crippen molar-refractivity contribution >= 4 is 12.0 Å².